The molecule has 2 N–H and O–H groups in total. The second-order valence-corrected chi connectivity index (χ2v) is 16.4. The van der Waals surface area contributed by atoms with Gasteiger partial charge in [0.15, 0.2) is 11.9 Å². The first-order valence-corrected chi connectivity index (χ1v) is 23.6. The fourth-order valence-corrected chi connectivity index (χ4v) is 7.52. The lowest BCUT2D eigenvalue weighted by Gasteiger charge is -2.20. The number of aliphatic hydroxyl groups excluding tert-OH is 2. The Morgan fingerprint density at radius 3 is 0.865 bits per heavy atom. The van der Waals surface area contributed by atoms with Crippen LogP contribution in [0.1, 0.15) is 271 Å². The fourth-order valence-electron chi connectivity index (χ4n) is 7.52. The Morgan fingerprint density at radius 2 is 0.615 bits per heavy atom. The Bertz CT molecular complexity index is 725. The molecule has 0 rings (SSSR count). The van der Waals surface area contributed by atoms with Gasteiger partial charge >= 0.3 is 5.97 Å². The van der Waals surface area contributed by atoms with Crippen LogP contribution in [-0.4, -0.2) is 40.8 Å². The maximum absolute atomic E-state index is 12.8. The fraction of sp³-hybridized carbons (Fsp3) is 0.957. The van der Waals surface area contributed by atoms with E-state index in [1.54, 1.807) is 0 Å². The van der Waals surface area contributed by atoms with Crippen LogP contribution in [0.15, 0.2) is 0 Å². The quantitative estimate of drug-likeness (QED) is 0.0481. The standard InChI is InChI=1S/C47H92O5/c1-3-5-7-9-11-13-15-17-19-21-23-25-27-29-31-33-35-37-39-41-44(49)47(45(50)43-48)52-46(51)42-40-38-36-34-32-30-28-26-24-22-20-18-16-14-12-10-8-6-4-2/h45,47-48,50H,3-43H2,1-2H3. The Balaban J connectivity index is 3.65. The van der Waals surface area contributed by atoms with E-state index in [1.807, 2.05) is 0 Å². The van der Waals surface area contributed by atoms with E-state index in [-0.39, 0.29) is 18.6 Å². The lowest BCUT2D eigenvalue weighted by atomic mass is 10.0. The number of ketones is 1. The average molecular weight is 737 g/mol. The molecule has 5 heteroatoms. The molecule has 0 saturated carbocycles. The number of hydrogen-bond acceptors (Lipinski definition) is 5. The zero-order chi connectivity index (χ0) is 38.0. The highest BCUT2D eigenvalue weighted by molar-refractivity contribution is 5.86. The van der Waals surface area contributed by atoms with Crippen molar-refractivity contribution in [1.82, 2.24) is 0 Å². The molecule has 5 nitrogen and oxygen atoms in total. The van der Waals surface area contributed by atoms with Crippen molar-refractivity contribution in [3.63, 3.8) is 0 Å². The largest absolute Gasteiger partial charge is 0.451 e. The van der Waals surface area contributed by atoms with Crippen LogP contribution in [0.2, 0.25) is 0 Å². The maximum atomic E-state index is 12.8. The molecule has 0 aliphatic rings. The third-order valence-electron chi connectivity index (χ3n) is 11.1. The number of esters is 1. The minimum Gasteiger partial charge on any atom is -0.451 e. The molecule has 52 heavy (non-hydrogen) atoms. The smallest absolute Gasteiger partial charge is 0.306 e. The normalized spacial score (nSPS) is 12.7. The van der Waals surface area contributed by atoms with Gasteiger partial charge in [0.05, 0.1) is 6.61 Å². The van der Waals surface area contributed by atoms with Gasteiger partial charge in [0.2, 0.25) is 0 Å². The third kappa shape index (κ3) is 37.4. The summed E-state index contributed by atoms with van der Waals surface area (Å²) in [6.45, 7) is 3.98. The summed E-state index contributed by atoms with van der Waals surface area (Å²) >= 11 is 0. The molecule has 0 heterocycles. The van der Waals surface area contributed by atoms with Gasteiger partial charge in [0.1, 0.15) is 6.10 Å². The molecule has 0 bridgehead atoms. The zero-order valence-electron chi connectivity index (χ0n) is 35.3. The summed E-state index contributed by atoms with van der Waals surface area (Å²) < 4.78 is 5.39. The number of Topliss-reactive ketones (excluding diaryl/α,β-unsaturated/α-hetero) is 1. The highest BCUT2D eigenvalue weighted by Gasteiger charge is 2.29. The van der Waals surface area contributed by atoms with Crippen LogP contribution in [0, 0.1) is 0 Å². The Labute approximate surface area is 325 Å². The van der Waals surface area contributed by atoms with Crippen LogP contribution in [-0.2, 0) is 14.3 Å². The van der Waals surface area contributed by atoms with Gasteiger partial charge in [-0.1, -0.05) is 245 Å². The topological polar surface area (TPSA) is 83.8 Å². The highest BCUT2D eigenvalue weighted by Crippen LogP contribution is 2.18. The van der Waals surface area contributed by atoms with Crippen LogP contribution < -0.4 is 0 Å². The van der Waals surface area contributed by atoms with E-state index in [1.165, 1.54) is 205 Å². The monoisotopic (exact) mass is 737 g/mol. The van der Waals surface area contributed by atoms with Crippen molar-refractivity contribution < 1.29 is 24.5 Å². The van der Waals surface area contributed by atoms with Crippen molar-refractivity contribution in [2.24, 2.45) is 0 Å². The highest BCUT2D eigenvalue weighted by atomic mass is 16.6. The first-order valence-electron chi connectivity index (χ1n) is 23.6. The first kappa shape index (κ1) is 51.1. The number of carbonyl (C=O) groups excluding carboxylic acids is 2. The summed E-state index contributed by atoms with van der Waals surface area (Å²) in [6.07, 6.45) is 47.5. The van der Waals surface area contributed by atoms with E-state index >= 15 is 0 Å². The van der Waals surface area contributed by atoms with Crippen LogP contribution in [0.25, 0.3) is 0 Å². The second kappa shape index (κ2) is 42.8. The molecular weight excluding hydrogens is 645 g/mol. The first-order chi connectivity index (χ1) is 25.6. The van der Waals surface area contributed by atoms with E-state index in [0.717, 1.165) is 38.5 Å². The van der Waals surface area contributed by atoms with Gasteiger partial charge in [-0.3, -0.25) is 9.59 Å². The van der Waals surface area contributed by atoms with Gasteiger partial charge in [-0.05, 0) is 12.8 Å². The summed E-state index contributed by atoms with van der Waals surface area (Å²) in [5, 5.41) is 19.6. The molecular formula is C47H92O5. The molecule has 0 spiro atoms. The predicted molar refractivity (Wildman–Crippen MR) is 224 cm³/mol. The number of carbonyl (C=O) groups is 2. The molecule has 2 atom stereocenters. The van der Waals surface area contributed by atoms with Crippen molar-refractivity contribution in [2.75, 3.05) is 6.61 Å². The van der Waals surface area contributed by atoms with Gasteiger partial charge in [0.25, 0.3) is 0 Å². The Hall–Kier alpha value is -0.940. The Morgan fingerprint density at radius 1 is 0.385 bits per heavy atom. The predicted octanol–water partition coefficient (Wildman–Crippen LogP) is 14.5. The molecule has 2 unspecified atom stereocenters. The summed E-state index contributed by atoms with van der Waals surface area (Å²) in [6, 6.07) is 0. The van der Waals surface area contributed by atoms with Crippen LogP contribution in [0.4, 0.5) is 0 Å². The zero-order valence-corrected chi connectivity index (χ0v) is 35.3. The van der Waals surface area contributed by atoms with E-state index in [4.69, 9.17) is 4.74 Å². The molecule has 0 saturated heterocycles. The van der Waals surface area contributed by atoms with E-state index < -0.39 is 24.8 Å². The van der Waals surface area contributed by atoms with Gasteiger partial charge in [-0.15, -0.1) is 0 Å². The van der Waals surface area contributed by atoms with Crippen LogP contribution in [0.5, 0.6) is 0 Å². The molecule has 0 fully saturated rings. The van der Waals surface area contributed by atoms with E-state index in [2.05, 4.69) is 13.8 Å². The SMILES string of the molecule is CCCCCCCCCCCCCCCCCCCCCC(=O)OC(C(=O)CCCCCCCCCCCCCCCCCCCCC)C(O)CO. The lowest BCUT2D eigenvalue weighted by molar-refractivity contribution is -0.163. The van der Waals surface area contributed by atoms with Crippen molar-refractivity contribution in [3.8, 4) is 0 Å². The van der Waals surface area contributed by atoms with Crippen molar-refractivity contribution >= 4 is 11.8 Å². The van der Waals surface area contributed by atoms with Crippen molar-refractivity contribution in [1.29, 1.82) is 0 Å². The van der Waals surface area contributed by atoms with Crippen molar-refractivity contribution in [3.05, 3.63) is 0 Å². The number of hydrogen-bond donors (Lipinski definition) is 2. The van der Waals surface area contributed by atoms with Crippen molar-refractivity contribution in [2.45, 2.75) is 283 Å². The summed E-state index contributed by atoms with van der Waals surface area (Å²) in [5.41, 5.74) is 0. The molecule has 0 amide bonds. The number of ether oxygens (including phenoxy) is 1. The Kier molecular flexibility index (Phi) is 42.0. The van der Waals surface area contributed by atoms with E-state index in [0.29, 0.717) is 0 Å². The molecule has 0 radical (unpaired) electrons. The number of unbranched alkanes of at least 4 members (excludes halogenated alkanes) is 36. The van der Waals surface area contributed by atoms with Gasteiger partial charge in [-0.2, -0.15) is 0 Å². The minimum atomic E-state index is -1.35. The number of rotatable bonds is 44. The molecule has 0 aliphatic carbocycles. The van der Waals surface area contributed by atoms with Crippen LogP contribution in [0.3, 0.4) is 0 Å². The van der Waals surface area contributed by atoms with E-state index in [9.17, 15) is 19.8 Å². The van der Waals surface area contributed by atoms with Gasteiger partial charge in [0, 0.05) is 12.8 Å². The summed E-state index contributed by atoms with van der Waals surface area (Å²) in [7, 11) is 0. The number of aliphatic hydroxyl groups is 2. The van der Waals surface area contributed by atoms with Gasteiger partial charge in [-0.25, -0.2) is 0 Å². The third-order valence-corrected chi connectivity index (χ3v) is 11.1. The average Bonchev–Trinajstić information content (AvgIpc) is 3.15. The summed E-state index contributed by atoms with van der Waals surface area (Å²) in [5.74, 6) is -0.707. The minimum absolute atomic E-state index is 0.264. The van der Waals surface area contributed by atoms with Crippen LogP contribution >= 0.6 is 0 Å². The molecule has 0 aromatic heterocycles. The molecule has 310 valence electrons. The second-order valence-electron chi connectivity index (χ2n) is 16.4. The molecule has 0 aromatic rings. The van der Waals surface area contributed by atoms with Gasteiger partial charge < -0.3 is 14.9 Å². The molecule has 0 aromatic carbocycles. The lowest BCUT2D eigenvalue weighted by Crippen LogP contribution is -2.40. The maximum Gasteiger partial charge on any atom is 0.306 e. The summed E-state index contributed by atoms with van der Waals surface area (Å²) in [4.78, 5) is 25.2. The molecule has 0 aliphatic heterocycles.